The lowest BCUT2D eigenvalue weighted by atomic mass is 9.94. The summed E-state index contributed by atoms with van der Waals surface area (Å²) in [5.41, 5.74) is 2.84. The van der Waals surface area contributed by atoms with E-state index in [1.807, 2.05) is 19.1 Å². The zero-order valence-corrected chi connectivity index (χ0v) is 19.2. The second-order valence-corrected chi connectivity index (χ2v) is 8.34. The van der Waals surface area contributed by atoms with Gasteiger partial charge in [0.1, 0.15) is 11.5 Å². The molecule has 7 heteroatoms. The van der Waals surface area contributed by atoms with Crippen LogP contribution >= 0.6 is 15.9 Å². The second kappa shape index (κ2) is 8.96. The van der Waals surface area contributed by atoms with Gasteiger partial charge < -0.3 is 14.7 Å². The highest BCUT2D eigenvalue weighted by Gasteiger charge is 2.47. The number of ketones is 1. The van der Waals surface area contributed by atoms with Crippen molar-refractivity contribution in [2.75, 3.05) is 7.11 Å². The smallest absolute Gasteiger partial charge is 0.295 e. The number of amides is 1. The summed E-state index contributed by atoms with van der Waals surface area (Å²) >= 11 is 3.45. The Morgan fingerprint density at radius 3 is 2.53 bits per heavy atom. The van der Waals surface area contributed by atoms with Gasteiger partial charge in [-0.1, -0.05) is 40.2 Å². The molecule has 1 unspecified atom stereocenters. The van der Waals surface area contributed by atoms with Gasteiger partial charge in [0.05, 0.1) is 18.7 Å². The number of aromatic nitrogens is 1. The average Bonchev–Trinajstić information content (AvgIpc) is 3.05. The summed E-state index contributed by atoms with van der Waals surface area (Å²) in [6.07, 6.45) is 3.27. The van der Waals surface area contributed by atoms with Gasteiger partial charge in [-0.25, -0.2) is 0 Å². The van der Waals surface area contributed by atoms with E-state index in [0.29, 0.717) is 16.9 Å². The van der Waals surface area contributed by atoms with E-state index in [4.69, 9.17) is 4.74 Å². The van der Waals surface area contributed by atoms with E-state index < -0.39 is 17.7 Å². The third-order valence-corrected chi connectivity index (χ3v) is 6.40. The van der Waals surface area contributed by atoms with Crippen LogP contribution in [-0.4, -0.2) is 33.8 Å². The molecular weight excluding hydrogens is 472 g/mol. The Balaban J connectivity index is 1.91. The number of likely N-dealkylation sites (tertiary alicyclic amines) is 1. The molecule has 2 aromatic carbocycles. The molecule has 0 radical (unpaired) electrons. The molecule has 1 aliphatic heterocycles. The Hall–Kier alpha value is -3.45. The van der Waals surface area contributed by atoms with Gasteiger partial charge in [0.2, 0.25) is 0 Å². The highest BCUT2D eigenvalue weighted by atomic mass is 79.9. The van der Waals surface area contributed by atoms with Crippen molar-refractivity contribution < 1.29 is 19.4 Å². The Morgan fingerprint density at radius 2 is 1.84 bits per heavy atom. The van der Waals surface area contributed by atoms with Crippen LogP contribution in [0.4, 0.5) is 0 Å². The van der Waals surface area contributed by atoms with Crippen molar-refractivity contribution in [1.29, 1.82) is 0 Å². The summed E-state index contributed by atoms with van der Waals surface area (Å²) in [5.74, 6) is -1.09. The van der Waals surface area contributed by atoms with Crippen LogP contribution in [0.15, 0.2) is 77.0 Å². The number of Topliss-reactive ketones (excluding diaryl/α,β-unsaturated/α-hetero) is 1. The minimum Gasteiger partial charge on any atom is -0.507 e. The van der Waals surface area contributed by atoms with E-state index in [0.717, 1.165) is 15.6 Å². The molecule has 3 aromatic rings. The predicted molar refractivity (Wildman–Crippen MR) is 124 cm³/mol. The van der Waals surface area contributed by atoms with Gasteiger partial charge in [-0.3, -0.25) is 14.6 Å². The zero-order chi connectivity index (χ0) is 22.8. The molecule has 0 aliphatic carbocycles. The molecule has 32 heavy (non-hydrogen) atoms. The summed E-state index contributed by atoms with van der Waals surface area (Å²) in [6.45, 7) is 2.08. The largest absolute Gasteiger partial charge is 0.507 e. The van der Waals surface area contributed by atoms with Crippen LogP contribution in [-0.2, 0) is 16.1 Å². The first kappa shape index (κ1) is 21.8. The number of hydrogen-bond donors (Lipinski definition) is 1. The first-order valence-electron chi connectivity index (χ1n) is 9.99. The van der Waals surface area contributed by atoms with Crippen molar-refractivity contribution >= 4 is 33.4 Å². The van der Waals surface area contributed by atoms with Gasteiger partial charge in [-0.2, -0.15) is 0 Å². The SMILES string of the molecule is COc1ccccc1C1/C(=C(\O)c2ccc(Br)c(C)c2)C(=O)C(=O)N1Cc1ccncc1. The fourth-order valence-electron chi connectivity index (χ4n) is 3.89. The number of carbonyl (C=O) groups excluding carboxylic acids is 2. The molecule has 6 nitrogen and oxygen atoms in total. The first-order chi connectivity index (χ1) is 15.4. The predicted octanol–water partition coefficient (Wildman–Crippen LogP) is 4.78. The monoisotopic (exact) mass is 492 g/mol. The Labute approximate surface area is 194 Å². The van der Waals surface area contributed by atoms with Crippen molar-refractivity contribution in [3.8, 4) is 5.75 Å². The maximum atomic E-state index is 13.2. The highest BCUT2D eigenvalue weighted by Crippen LogP contribution is 2.43. The maximum absolute atomic E-state index is 13.2. The minimum absolute atomic E-state index is 0.0373. The number of aliphatic hydroxyl groups is 1. The number of methoxy groups -OCH3 is 1. The van der Waals surface area contributed by atoms with Gasteiger partial charge in [0.15, 0.2) is 0 Å². The molecular formula is C25H21BrN2O4. The number of nitrogens with zero attached hydrogens (tertiary/aromatic N) is 2. The van der Waals surface area contributed by atoms with Crippen molar-refractivity contribution in [2.24, 2.45) is 0 Å². The number of carbonyl (C=O) groups is 2. The van der Waals surface area contributed by atoms with Crippen LogP contribution < -0.4 is 4.74 Å². The molecule has 1 amide bonds. The van der Waals surface area contributed by atoms with Crippen LogP contribution in [0.25, 0.3) is 5.76 Å². The number of para-hydroxylation sites is 1. The van der Waals surface area contributed by atoms with E-state index in [-0.39, 0.29) is 17.9 Å². The number of ether oxygens (including phenoxy) is 1. The van der Waals surface area contributed by atoms with Crippen molar-refractivity contribution in [1.82, 2.24) is 9.88 Å². The Bertz CT molecular complexity index is 1220. The quantitative estimate of drug-likeness (QED) is 0.314. The third-order valence-electron chi connectivity index (χ3n) is 5.51. The van der Waals surface area contributed by atoms with Crippen LogP contribution in [0.1, 0.15) is 28.3 Å². The number of pyridine rings is 1. The fraction of sp³-hybridized carbons (Fsp3) is 0.160. The van der Waals surface area contributed by atoms with E-state index in [1.54, 1.807) is 54.9 Å². The number of rotatable bonds is 5. The normalized spacial score (nSPS) is 17.6. The molecule has 1 aliphatic rings. The molecule has 2 heterocycles. The van der Waals surface area contributed by atoms with Crippen molar-refractivity contribution in [3.63, 3.8) is 0 Å². The zero-order valence-electron chi connectivity index (χ0n) is 17.6. The third kappa shape index (κ3) is 3.91. The van der Waals surface area contributed by atoms with Gasteiger partial charge in [-0.15, -0.1) is 0 Å². The molecule has 0 saturated carbocycles. The number of hydrogen-bond acceptors (Lipinski definition) is 5. The van der Waals surface area contributed by atoms with Crippen molar-refractivity contribution in [3.05, 3.63) is 99.3 Å². The lowest BCUT2D eigenvalue weighted by Gasteiger charge is -2.26. The Kier molecular flexibility index (Phi) is 6.10. The number of aryl methyl sites for hydroxylation is 1. The minimum atomic E-state index is -0.803. The van der Waals surface area contributed by atoms with E-state index in [9.17, 15) is 14.7 Å². The van der Waals surface area contributed by atoms with Crippen LogP contribution in [0.2, 0.25) is 0 Å². The molecule has 1 saturated heterocycles. The van der Waals surface area contributed by atoms with Crippen molar-refractivity contribution in [2.45, 2.75) is 19.5 Å². The van der Waals surface area contributed by atoms with Crippen LogP contribution in [0.3, 0.4) is 0 Å². The standard InChI is InChI=1S/C25H21BrN2O4/c1-15-13-17(7-8-19(15)26)23(29)21-22(18-5-3-4-6-20(18)32-2)28(25(31)24(21)30)14-16-9-11-27-12-10-16/h3-13,22,29H,14H2,1-2H3/b23-21+. The number of benzene rings is 2. The van der Waals surface area contributed by atoms with Gasteiger partial charge in [0, 0.05) is 34.5 Å². The molecule has 1 aromatic heterocycles. The van der Waals surface area contributed by atoms with Gasteiger partial charge >= 0.3 is 0 Å². The lowest BCUT2D eigenvalue weighted by Crippen LogP contribution is -2.29. The maximum Gasteiger partial charge on any atom is 0.295 e. The topological polar surface area (TPSA) is 79.7 Å². The summed E-state index contributed by atoms with van der Waals surface area (Å²) in [6, 6.07) is 15.3. The molecule has 1 fully saturated rings. The second-order valence-electron chi connectivity index (χ2n) is 7.49. The Morgan fingerprint density at radius 1 is 1.12 bits per heavy atom. The molecule has 1 atom stereocenters. The van der Waals surface area contributed by atoms with E-state index in [1.165, 1.54) is 12.0 Å². The van der Waals surface area contributed by atoms with Crippen LogP contribution in [0.5, 0.6) is 5.75 Å². The summed E-state index contributed by atoms with van der Waals surface area (Å²) in [4.78, 5) is 31.8. The molecule has 0 spiro atoms. The van der Waals surface area contributed by atoms with Crippen LogP contribution in [0, 0.1) is 6.92 Å². The van der Waals surface area contributed by atoms with E-state index >= 15 is 0 Å². The summed E-state index contributed by atoms with van der Waals surface area (Å²) in [5, 5.41) is 11.2. The number of aliphatic hydroxyl groups excluding tert-OH is 1. The summed E-state index contributed by atoms with van der Waals surface area (Å²) in [7, 11) is 1.53. The van der Waals surface area contributed by atoms with Gasteiger partial charge in [-0.05, 0) is 48.4 Å². The molecule has 162 valence electrons. The lowest BCUT2D eigenvalue weighted by molar-refractivity contribution is -0.140. The number of halogens is 1. The summed E-state index contributed by atoms with van der Waals surface area (Å²) < 4.78 is 6.41. The first-order valence-corrected chi connectivity index (χ1v) is 10.8. The van der Waals surface area contributed by atoms with E-state index in [2.05, 4.69) is 20.9 Å². The average molecular weight is 493 g/mol. The molecule has 0 bridgehead atoms. The fourth-order valence-corrected chi connectivity index (χ4v) is 4.14. The van der Waals surface area contributed by atoms with Gasteiger partial charge in [0.25, 0.3) is 11.7 Å². The molecule has 1 N–H and O–H groups in total. The molecule has 4 rings (SSSR count). The highest BCUT2D eigenvalue weighted by molar-refractivity contribution is 9.10.